The lowest BCUT2D eigenvalue weighted by Gasteiger charge is -2.31. The molecular formula is C20H22ClN3O2S. The fraction of sp³-hybridized carbons (Fsp3) is 0.350. The van der Waals surface area contributed by atoms with Crippen LogP contribution in [0.15, 0.2) is 42.6 Å². The zero-order chi connectivity index (χ0) is 19.3. The summed E-state index contributed by atoms with van der Waals surface area (Å²) in [6.07, 6.45) is 6.00. The first-order chi connectivity index (χ1) is 13.0. The molecule has 27 heavy (non-hydrogen) atoms. The van der Waals surface area contributed by atoms with Gasteiger partial charge in [-0.15, -0.1) is 0 Å². The van der Waals surface area contributed by atoms with E-state index in [4.69, 9.17) is 28.6 Å². The number of esters is 1. The highest BCUT2D eigenvalue weighted by molar-refractivity contribution is 7.80. The molecule has 1 aromatic heterocycles. The van der Waals surface area contributed by atoms with Crippen LogP contribution in [-0.2, 0) is 10.3 Å². The number of carbonyl (C=O) groups excluding carboxylic acids is 1. The zero-order valence-corrected chi connectivity index (χ0v) is 16.7. The summed E-state index contributed by atoms with van der Waals surface area (Å²) in [5.41, 5.74) is 1.72. The number of hydrogen-bond donors (Lipinski definition) is 2. The molecular weight excluding hydrogens is 382 g/mol. The predicted octanol–water partition coefficient (Wildman–Crippen LogP) is 4.67. The SMILES string of the molecule is CCOC(=O)c1cc(NC(=S)NC2(c3ccccn3)CCCC2)ccc1Cl. The van der Waals surface area contributed by atoms with Crippen LogP contribution in [0.4, 0.5) is 5.69 Å². The molecule has 2 N–H and O–H groups in total. The molecule has 0 spiro atoms. The monoisotopic (exact) mass is 403 g/mol. The third kappa shape index (κ3) is 4.57. The Morgan fingerprint density at radius 1 is 1.30 bits per heavy atom. The summed E-state index contributed by atoms with van der Waals surface area (Å²) in [7, 11) is 0. The van der Waals surface area contributed by atoms with E-state index in [1.165, 1.54) is 0 Å². The van der Waals surface area contributed by atoms with Gasteiger partial charge in [-0.3, -0.25) is 4.98 Å². The highest BCUT2D eigenvalue weighted by Crippen LogP contribution is 2.37. The van der Waals surface area contributed by atoms with Crippen molar-refractivity contribution in [2.24, 2.45) is 0 Å². The van der Waals surface area contributed by atoms with E-state index < -0.39 is 5.97 Å². The summed E-state index contributed by atoms with van der Waals surface area (Å²) in [6.45, 7) is 2.05. The first-order valence-electron chi connectivity index (χ1n) is 9.01. The molecule has 5 nitrogen and oxygen atoms in total. The van der Waals surface area contributed by atoms with Gasteiger partial charge in [0.15, 0.2) is 5.11 Å². The molecule has 0 radical (unpaired) electrons. The Kier molecular flexibility index (Phi) is 6.29. The predicted molar refractivity (Wildman–Crippen MR) is 111 cm³/mol. The molecule has 3 rings (SSSR count). The van der Waals surface area contributed by atoms with Gasteiger partial charge in [0.05, 0.1) is 28.4 Å². The van der Waals surface area contributed by atoms with Gasteiger partial charge in [-0.25, -0.2) is 4.79 Å². The van der Waals surface area contributed by atoms with Crippen LogP contribution in [-0.4, -0.2) is 22.7 Å². The molecule has 1 saturated carbocycles. The van der Waals surface area contributed by atoms with E-state index in [2.05, 4.69) is 15.6 Å². The lowest BCUT2D eigenvalue weighted by atomic mass is 9.93. The first-order valence-corrected chi connectivity index (χ1v) is 9.80. The van der Waals surface area contributed by atoms with Crippen LogP contribution in [0.25, 0.3) is 0 Å². The molecule has 1 aliphatic rings. The van der Waals surface area contributed by atoms with E-state index in [1.807, 2.05) is 18.2 Å². The zero-order valence-electron chi connectivity index (χ0n) is 15.1. The molecule has 1 fully saturated rings. The fourth-order valence-corrected chi connectivity index (χ4v) is 3.93. The molecule has 1 heterocycles. The largest absolute Gasteiger partial charge is 0.462 e. The molecule has 0 bridgehead atoms. The van der Waals surface area contributed by atoms with Crippen molar-refractivity contribution in [3.8, 4) is 0 Å². The number of pyridine rings is 1. The van der Waals surface area contributed by atoms with E-state index in [0.29, 0.717) is 28.0 Å². The third-order valence-electron chi connectivity index (χ3n) is 4.68. The standard InChI is InChI=1S/C20H22ClN3O2S/c1-2-26-18(25)15-13-14(8-9-16(15)21)23-19(27)24-20(10-4-5-11-20)17-7-3-6-12-22-17/h3,6-9,12-13H,2,4-5,10-11H2,1H3,(H2,23,24,27). The van der Waals surface area contributed by atoms with Crippen molar-refractivity contribution in [1.82, 2.24) is 10.3 Å². The van der Waals surface area contributed by atoms with Crippen molar-refractivity contribution in [1.29, 1.82) is 0 Å². The molecule has 1 aromatic carbocycles. The number of halogens is 1. The van der Waals surface area contributed by atoms with Crippen molar-refractivity contribution >= 4 is 40.6 Å². The fourth-order valence-electron chi connectivity index (χ4n) is 3.42. The van der Waals surface area contributed by atoms with Crippen molar-refractivity contribution in [3.63, 3.8) is 0 Å². The smallest absolute Gasteiger partial charge is 0.339 e. The minimum Gasteiger partial charge on any atom is -0.462 e. The molecule has 2 aromatic rings. The summed E-state index contributed by atoms with van der Waals surface area (Å²) in [5, 5.41) is 7.44. The van der Waals surface area contributed by atoms with Gasteiger partial charge in [0.2, 0.25) is 0 Å². The summed E-state index contributed by atoms with van der Waals surface area (Å²) in [6, 6.07) is 11.0. The Balaban J connectivity index is 1.75. The molecule has 7 heteroatoms. The van der Waals surface area contributed by atoms with Gasteiger partial charge in [0, 0.05) is 11.9 Å². The van der Waals surface area contributed by atoms with E-state index in [1.54, 1.807) is 31.3 Å². The number of thiocarbonyl (C=S) groups is 1. The van der Waals surface area contributed by atoms with E-state index >= 15 is 0 Å². The normalized spacial score (nSPS) is 15.2. The number of benzene rings is 1. The number of aromatic nitrogens is 1. The maximum absolute atomic E-state index is 12.0. The topological polar surface area (TPSA) is 63.2 Å². The Hall–Kier alpha value is -2.18. The number of hydrogen-bond acceptors (Lipinski definition) is 4. The van der Waals surface area contributed by atoms with Gasteiger partial charge in [-0.1, -0.05) is 30.5 Å². The van der Waals surface area contributed by atoms with Crippen LogP contribution in [0.3, 0.4) is 0 Å². The van der Waals surface area contributed by atoms with E-state index in [0.717, 1.165) is 31.4 Å². The Morgan fingerprint density at radius 2 is 2.07 bits per heavy atom. The van der Waals surface area contributed by atoms with Crippen molar-refractivity contribution in [2.45, 2.75) is 38.1 Å². The van der Waals surface area contributed by atoms with Crippen LogP contribution in [0.2, 0.25) is 5.02 Å². The third-order valence-corrected chi connectivity index (χ3v) is 5.22. The second kappa shape index (κ2) is 8.67. The maximum atomic E-state index is 12.0. The van der Waals surface area contributed by atoms with Gasteiger partial charge in [-0.05, 0) is 62.3 Å². The number of carbonyl (C=O) groups is 1. The second-order valence-electron chi connectivity index (χ2n) is 6.50. The van der Waals surface area contributed by atoms with Crippen molar-refractivity contribution < 1.29 is 9.53 Å². The van der Waals surface area contributed by atoms with Gasteiger partial charge in [-0.2, -0.15) is 0 Å². The summed E-state index contributed by atoms with van der Waals surface area (Å²) in [5.74, 6) is -0.453. The van der Waals surface area contributed by atoms with Crippen molar-refractivity contribution in [3.05, 3.63) is 58.9 Å². The number of rotatable bonds is 5. The quantitative estimate of drug-likeness (QED) is 0.558. The lowest BCUT2D eigenvalue weighted by Crippen LogP contribution is -2.46. The van der Waals surface area contributed by atoms with Crippen LogP contribution in [0.5, 0.6) is 0 Å². The molecule has 0 atom stereocenters. The average molecular weight is 404 g/mol. The summed E-state index contributed by atoms with van der Waals surface area (Å²) < 4.78 is 5.04. The summed E-state index contributed by atoms with van der Waals surface area (Å²) in [4.78, 5) is 16.6. The molecule has 142 valence electrons. The van der Waals surface area contributed by atoms with Crippen LogP contribution in [0.1, 0.15) is 48.7 Å². The molecule has 1 aliphatic carbocycles. The first kappa shape index (κ1) is 19.6. The highest BCUT2D eigenvalue weighted by Gasteiger charge is 2.37. The molecule has 0 saturated heterocycles. The van der Waals surface area contributed by atoms with Gasteiger partial charge in [0.25, 0.3) is 0 Å². The lowest BCUT2D eigenvalue weighted by molar-refractivity contribution is 0.0526. The molecule has 0 aliphatic heterocycles. The minimum atomic E-state index is -0.453. The Labute approximate surface area is 169 Å². The summed E-state index contributed by atoms with van der Waals surface area (Å²) >= 11 is 11.7. The van der Waals surface area contributed by atoms with Crippen LogP contribution < -0.4 is 10.6 Å². The minimum absolute atomic E-state index is 0.262. The number of nitrogens with one attached hydrogen (secondary N) is 2. The van der Waals surface area contributed by atoms with Gasteiger partial charge < -0.3 is 15.4 Å². The number of ether oxygens (including phenoxy) is 1. The van der Waals surface area contributed by atoms with Gasteiger partial charge in [0.1, 0.15) is 0 Å². The second-order valence-corrected chi connectivity index (χ2v) is 7.31. The van der Waals surface area contributed by atoms with Crippen molar-refractivity contribution in [2.75, 3.05) is 11.9 Å². The van der Waals surface area contributed by atoms with Crippen LogP contribution in [0, 0.1) is 0 Å². The van der Waals surface area contributed by atoms with E-state index in [-0.39, 0.29) is 5.54 Å². The van der Waals surface area contributed by atoms with E-state index in [9.17, 15) is 4.79 Å². The maximum Gasteiger partial charge on any atom is 0.339 e. The number of nitrogens with zero attached hydrogens (tertiary/aromatic N) is 1. The van der Waals surface area contributed by atoms with Gasteiger partial charge >= 0.3 is 5.97 Å². The molecule has 0 unspecified atom stereocenters. The van der Waals surface area contributed by atoms with Crippen LogP contribution >= 0.6 is 23.8 Å². The number of anilines is 1. The Morgan fingerprint density at radius 3 is 2.74 bits per heavy atom. The molecule has 0 amide bonds. The Bertz CT molecular complexity index is 823. The highest BCUT2D eigenvalue weighted by atomic mass is 35.5. The average Bonchev–Trinajstić information content (AvgIpc) is 3.13.